The van der Waals surface area contributed by atoms with Crippen LogP contribution in [0.2, 0.25) is 0 Å². The van der Waals surface area contributed by atoms with E-state index in [2.05, 4.69) is 0 Å². The first-order valence-corrected chi connectivity index (χ1v) is 2.07. The Morgan fingerprint density at radius 3 is 0.455 bits per heavy atom. The van der Waals surface area contributed by atoms with Crippen LogP contribution >= 0.6 is 0 Å². The number of rotatable bonds is 0. The van der Waals surface area contributed by atoms with Gasteiger partial charge in [0.05, 0.1) is 0 Å². The Kier molecular flexibility index (Phi) is 11.3. The minimum atomic E-state index is -4.00. The van der Waals surface area contributed by atoms with Gasteiger partial charge in [0, 0.05) is 0 Å². The topological polar surface area (TPSA) is 162 Å². The van der Waals surface area contributed by atoms with Gasteiger partial charge in [-0.2, -0.15) is 0 Å². The van der Waals surface area contributed by atoms with Gasteiger partial charge in [0.15, 0.2) is 0 Å². The predicted molar refractivity (Wildman–Crippen MR) is 35.0 cm³/mol. The van der Waals surface area contributed by atoms with Crippen LogP contribution in [0.3, 0.4) is 0 Å². The average Bonchev–Trinajstić information content (AvgIpc) is 1.12. The molecule has 0 atom stereocenters. The summed E-state index contributed by atoms with van der Waals surface area (Å²) in [4.78, 5) is 0. The first-order chi connectivity index (χ1) is 4.00. The molecule has 0 aromatic carbocycles. The van der Waals surface area contributed by atoms with Crippen LogP contribution < -0.4 is 0 Å². The van der Waals surface area contributed by atoms with Crippen LogP contribution in [0.1, 0.15) is 0 Å². The van der Waals surface area contributed by atoms with E-state index >= 15 is 0 Å². The third-order valence-electron chi connectivity index (χ3n) is 0. The molecule has 8 nitrogen and oxygen atoms in total. The van der Waals surface area contributed by atoms with Crippen LogP contribution in [0.15, 0.2) is 0 Å². The molecular formula is H8B2BaO8. The summed E-state index contributed by atoms with van der Waals surface area (Å²) in [6, 6.07) is 0. The molecule has 0 aliphatic carbocycles. The van der Waals surface area contributed by atoms with Crippen LogP contribution in [-0.4, -0.2) is 103 Å². The second-order valence-electron chi connectivity index (χ2n) is 1.39. The van der Waals surface area contributed by atoms with E-state index in [-0.39, 0.29) is 48.9 Å². The molecule has 0 aromatic rings. The quantitative estimate of drug-likeness (QED) is 0.205. The molecular weight excluding hydrogens is 287 g/mol. The fraction of sp³-hybridized carbons (Fsp3) is 0. The van der Waals surface area contributed by atoms with Gasteiger partial charge in [0.2, 0.25) is 0 Å². The van der Waals surface area contributed by atoms with Gasteiger partial charge < -0.3 is 40.2 Å². The zero-order valence-electron chi connectivity index (χ0n) is 5.44. The largest absolute Gasteiger partial charge is 2.00 e. The van der Waals surface area contributed by atoms with Gasteiger partial charge in [-0.3, -0.25) is 0 Å². The van der Waals surface area contributed by atoms with Crippen LogP contribution in [-0.2, 0) is 0 Å². The molecule has 0 heterocycles. The zero-order valence-corrected chi connectivity index (χ0v) is 9.88. The van der Waals surface area contributed by atoms with E-state index in [9.17, 15) is 0 Å². The van der Waals surface area contributed by atoms with Crippen molar-refractivity contribution in [1.82, 2.24) is 0 Å². The van der Waals surface area contributed by atoms with Crippen molar-refractivity contribution in [1.29, 1.82) is 0 Å². The van der Waals surface area contributed by atoms with Crippen molar-refractivity contribution in [3.05, 3.63) is 0 Å². The average molecular weight is 295 g/mol. The summed E-state index contributed by atoms with van der Waals surface area (Å²) in [5.41, 5.74) is 0. The van der Waals surface area contributed by atoms with Crippen molar-refractivity contribution in [2.24, 2.45) is 0 Å². The Morgan fingerprint density at radius 1 is 0.455 bits per heavy atom. The molecule has 0 aromatic heterocycles. The van der Waals surface area contributed by atoms with Crippen molar-refractivity contribution in [2.45, 2.75) is 0 Å². The SMILES string of the molecule is O[B-](O)(O)O.O[B-](O)(O)O.[Ba+2]. The van der Waals surface area contributed by atoms with E-state index in [0.29, 0.717) is 0 Å². The Bertz CT molecular complexity index is 55.1. The fourth-order valence-corrected chi connectivity index (χ4v) is 0. The van der Waals surface area contributed by atoms with Crippen LogP contribution in [0.4, 0.5) is 0 Å². The smallest absolute Gasteiger partial charge is 0.534 e. The van der Waals surface area contributed by atoms with Crippen LogP contribution in [0.25, 0.3) is 0 Å². The minimum Gasteiger partial charge on any atom is -0.534 e. The molecule has 0 saturated carbocycles. The molecule has 0 rings (SSSR count). The summed E-state index contributed by atoms with van der Waals surface area (Å²) < 4.78 is 0. The van der Waals surface area contributed by atoms with Gasteiger partial charge in [-0.1, -0.05) is 0 Å². The maximum absolute atomic E-state index is 7.25. The Labute approximate surface area is 102 Å². The summed E-state index contributed by atoms with van der Waals surface area (Å²) in [5, 5.41) is 58.0. The van der Waals surface area contributed by atoms with Crippen molar-refractivity contribution in [2.75, 3.05) is 0 Å². The standard InChI is InChI=1S/2BH4O4.Ba/c2*2-1(3,4)5;/h2*2-5H;/q2*-1;+2. The second kappa shape index (κ2) is 6.85. The third-order valence-corrected chi connectivity index (χ3v) is 0. The summed E-state index contributed by atoms with van der Waals surface area (Å²) in [5.74, 6) is 0. The van der Waals surface area contributed by atoms with Crippen LogP contribution in [0.5, 0.6) is 0 Å². The Balaban J connectivity index is -0.000000107. The summed E-state index contributed by atoms with van der Waals surface area (Å²) in [6.45, 7) is -8.00. The van der Waals surface area contributed by atoms with Gasteiger partial charge in [-0.05, 0) is 0 Å². The fourth-order valence-electron chi connectivity index (χ4n) is 0. The molecule has 0 unspecified atom stereocenters. The van der Waals surface area contributed by atoms with Gasteiger partial charge in [-0.25, -0.2) is 0 Å². The maximum Gasteiger partial charge on any atom is 2.00 e. The predicted octanol–water partition coefficient (Wildman–Crippen LogP) is -5.60. The van der Waals surface area contributed by atoms with Gasteiger partial charge in [0.1, 0.15) is 0 Å². The Morgan fingerprint density at radius 2 is 0.455 bits per heavy atom. The van der Waals surface area contributed by atoms with E-state index in [1.807, 2.05) is 0 Å². The molecule has 0 aliphatic heterocycles. The molecule has 8 N–H and O–H groups in total. The first kappa shape index (κ1) is 18.2. The molecule has 0 spiro atoms. The Hall–Kier alpha value is 1.38. The van der Waals surface area contributed by atoms with Crippen molar-refractivity contribution < 1.29 is 40.2 Å². The molecule has 0 fully saturated rings. The molecule has 0 radical (unpaired) electrons. The number of hydrogen-bond donors (Lipinski definition) is 8. The van der Waals surface area contributed by atoms with E-state index < -0.39 is 13.9 Å². The molecule has 11 heavy (non-hydrogen) atoms. The summed E-state index contributed by atoms with van der Waals surface area (Å²) in [7, 11) is 0. The molecule has 0 amide bonds. The van der Waals surface area contributed by atoms with Crippen molar-refractivity contribution in [3.8, 4) is 0 Å². The maximum atomic E-state index is 7.25. The normalized spacial score (nSPS) is 10.9. The number of hydrogen-bond acceptors (Lipinski definition) is 8. The minimum absolute atomic E-state index is 0. The molecule has 0 saturated heterocycles. The van der Waals surface area contributed by atoms with E-state index in [4.69, 9.17) is 40.2 Å². The van der Waals surface area contributed by atoms with Gasteiger partial charge >= 0.3 is 62.8 Å². The zero-order chi connectivity index (χ0) is 9.00. The molecule has 11 heteroatoms. The van der Waals surface area contributed by atoms with E-state index in [0.717, 1.165) is 0 Å². The van der Waals surface area contributed by atoms with Crippen LogP contribution in [0, 0.1) is 0 Å². The molecule has 64 valence electrons. The monoisotopic (exact) mass is 296 g/mol. The van der Waals surface area contributed by atoms with Crippen molar-refractivity contribution >= 4 is 62.8 Å². The van der Waals surface area contributed by atoms with Crippen molar-refractivity contribution in [3.63, 3.8) is 0 Å². The van der Waals surface area contributed by atoms with E-state index in [1.54, 1.807) is 0 Å². The molecule has 0 bridgehead atoms. The van der Waals surface area contributed by atoms with Gasteiger partial charge in [-0.15, -0.1) is 0 Å². The summed E-state index contributed by atoms with van der Waals surface area (Å²) in [6.07, 6.45) is 0. The third kappa shape index (κ3) is 525. The van der Waals surface area contributed by atoms with E-state index in [1.165, 1.54) is 0 Å². The summed E-state index contributed by atoms with van der Waals surface area (Å²) >= 11 is 0. The molecule has 0 aliphatic rings. The first-order valence-electron chi connectivity index (χ1n) is 2.07. The van der Waals surface area contributed by atoms with Gasteiger partial charge in [0.25, 0.3) is 0 Å². The second-order valence-corrected chi connectivity index (χ2v) is 1.39.